The van der Waals surface area contributed by atoms with Crippen LogP contribution in [0.1, 0.15) is 18.4 Å². The zero-order chi connectivity index (χ0) is 16.1. The molecule has 1 unspecified atom stereocenters. The van der Waals surface area contributed by atoms with Gasteiger partial charge in [-0.25, -0.2) is 9.37 Å². The van der Waals surface area contributed by atoms with Crippen LogP contribution in [0, 0.1) is 5.82 Å². The predicted octanol–water partition coefficient (Wildman–Crippen LogP) is 2.80. The number of hydrogen-bond acceptors (Lipinski definition) is 4. The maximum atomic E-state index is 13.1. The lowest BCUT2D eigenvalue weighted by Gasteiger charge is -2.11. The molecule has 1 aromatic carbocycles. The topological polar surface area (TPSA) is 63.2 Å². The summed E-state index contributed by atoms with van der Waals surface area (Å²) in [6.07, 6.45) is 3.55. The number of carbonyl (C=O) groups is 1. The molecule has 128 valence electrons. The van der Waals surface area contributed by atoms with Crippen LogP contribution in [0.4, 0.5) is 4.39 Å². The third kappa shape index (κ3) is 4.91. The molecule has 1 atom stereocenters. The van der Waals surface area contributed by atoms with Gasteiger partial charge in [-0.15, -0.1) is 12.4 Å². The van der Waals surface area contributed by atoms with Gasteiger partial charge in [-0.3, -0.25) is 4.79 Å². The van der Waals surface area contributed by atoms with Crippen molar-refractivity contribution < 1.29 is 13.9 Å². The molecule has 2 aromatic rings. The highest BCUT2D eigenvalue weighted by Crippen LogP contribution is 2.20. The van der Waals surface area contributed by atoms with Crippen molar-refractivity contribution in [2.45, 2.75) is 25.4 Å². The molecule has 1 aromatic heterocycles. The normalized spacial score (nSPS) is 16.3. The molecule has 7 heteroatoms. The molecular formula is C17H19ClFN3O2. The van der Waals surface area contributed by atoms with Crippen LogP contribution in [0.2, 0.25) is 0 Å². The summed E-state index contributed by atoms with van der Waals surface area (Å²) < 4.78 is 18.6. The lowest BCUT2D eigenvalue weighted by Crippen LogP contribution is -2.40. The second-order valence-electron chi connectivity index (χ2n) is 5.43. The number of aromatic nitrogens is 1. The summed E-state index contributed by atoms with van der Waals surface area (Å²) in [7, 11) is 0. The third-order valence-corrected chi connectivity index (χ3v) is 3.66. The Bertz CT molecular complexity index is 676. The van der Waals surface area contributed by atoms with E-state index in [1.165, 1.54) is 12.1 Å². The van der Waals surface area contributed by atoms with Crippen LogP contribution in [0.3, 0.4) is 0 Å². The van der Waals surface area contributed by atoms with Crippen molar-refractivity contribution in [2.75, 3.05) is 6.54 Å². The van der Waals surface area contributed by atoms with Gasteiger partial charge in [0.15, 0.2) is 0 Å². The van der Waals surface area contributed by atoms with Gasteiger partial charge < -0.3 is 15.4 Å². The summed E-state index contributed by atoms with van der Waals surface area (Å²) >= 11 is 0. The fourth-order valence-corrected chi connectivity index (χ4v) is 2.45. The van der Waals surface area contributed by atoms with E-state index in [9.17, 15) is 9.18 Å². The molecule has 1 aliphatic heterocycles. The van der Waals surface area contributed by atoms with Gasteiger partial charge in [-0.2, -0.15) is 0 Å². The number of benzene rings is 1. The highest BCUT2D eigenvalue weighted by atomic mass is 35.5. The van der Waals surface area contributed by atoms with E-state index in [0.717, 1.165) is 24.9 Å². The Hall–Kier alpha value is -2.18. The molecule has 2 heterocycles. The van der Waals surface area contributed by atoms with Gasteiger partial charge in [0, 0.05) is 24.9 Å². The molecule has 0 radical (unpaired) electrons. The number of nitrogens with one attached hydrogen (secondary N) is 2. The quantitative estimate of drug-likeness (QED) is 0.869. The smallest absolute Gasteiger partial charge is 0.237 e. The summed E-state index contributed by atoms with van der Waals surface area (Å²) in [5.74, 6) is 0.430. The number of nitrogens with zero attached hydrogens (tertiary/aromatic N) is 1. The fraction of sp³-hybridized carbons (Fsp3) is 0.294. The van der Waals surface area contributed by atoms with E-state index in [1.807, 2.05) is 6.07 Å². The molecule has 1 aliphatic rings. The van der Waals surface area contributed by atoms with Crippen LogP contribution in [0.25, 0.3) is 0 Å². The molecule has 3 rings (SSSR count). The Morgan fingerprint density at radius 1 is 1.38 bits per heavy atom. The van der Waals surface area contributed by atoms with Gasteiger partial charge in [0.1, 0.15) is 11.6 Å². The first kappa shape index (κ1) is 18.2. The van der Waals surface area contributed by atoms with Gasteiger partial charge in [-0.1, -0.05) is 12.1 Å². The maximum Gasteiger partial charge on any atom is 0.237 e. The molecule has 0 saturated carbocycles. The fourth-order valence-electron chi connectivity index (χ4n) is 2.45. The predicted molar refractivity (Wildman–Crippen MR) is 90.8 cm³/mol. The van der Waals surface area contributed by atoms with Gasteiger partial charge in [0.2, 0.25) is 11.8 Å². The lowest BCUT2D eigenvalue weighted by molar-refractivity contribution is -0.122. The summed E-state index contributed by atoms with van der Waals surface area (Å²) in [6.45, 7) is 1.32. The molecule has 1 saturated heterocycles. The third-order valence-electron chi connectivity index (χ3n) is 3.66. The van der Waals surface area contributed by atoms with Gasteiger partial charge in [0.25, 0.3) is 0 Å². The number of amides is 1. The Morgan fingerprint density at radius 3 is 2.92 bits per heavy atom. The highest BCUT2D eigenvalue weighted by Gasteiger charge is 2.21. The van der Waals surface area contributed by atoms with Crippen molar-refractivity contribution >= 4 is 18.3 Å². The number of pyridine rings is 1. The molecule has 1 fully saturated rings. The number of rotatable bonds is 5. The van der Waals surface area contributed by atoms with Crippen LogP contribution in [0.5, 0.6) is 11.6 Å². The molecule has 0 bridgehead atoms. The molecule has 0 aliphatic carbocycles. The summed E-state index contributed by atoms with van der Waals surface area (Å²) in [6, 6.07) is 9.32. The number of ether oxygens (including phenoxy) is 1. The SMILES string of the molecule is Cl.O=C(NCc1ccc(Oc2cccc(F)c2)nc1)C1CCCN1. The molecule has 2 N–H and O–H groups in total. The van der Waals surface area contributed by atoms with Gasteiger partial charge >= 0.3 is 0 Å². The molecular weight excluding hydrogens is 333 g/mol. The van der Waals surface area contributed by atoms with Crippen molar-refractivity contribution in [1.29, 1.82) is 0 Å². The van der Waals surface area contributed by atoms with Crippen molar-refractivity contribution in [3.63, 3.8) is 0 Å². The monoisotopic (exact) mass is 351 g/mol. The second-order valence-corrected chi connectivity index (χ2v) is 5.43. The first-order chi connectivity index (χ1) is 11.2. The average molecular weight is 352 g/mol. The van der Waals surface area contributed by atoms with Crippen molar-refractivity contribution in [3.8, 4) is 11.6 Å². The van der Waals surface area contributed by atoms with E-state index < -0.39 is 0 Å². The maximum absolute atomic E-state index is 13.1. The van der Waals surface area contributed by atoms with Crippen LogP contribution < -0.4 is 15.4 Å². The summed E-state index contributed by atoms with van der Waals surface area (Å²) in [5, 5.41) is 6.04. The van der Waals surface area contributed by atoms with Crippen LogP contribution in [0.15, 0.2) is 42.6 Å². The van der Waals surface area contributed by atoms with E-state index in [-0.39, 0.29) is 30.2 Å². The van der Waals surface area contributed by atoms with Crippen LogP contribution in [-0.2, 0) is 11.3 Å². The van der Waals surface area contributed by atoms with E-state index >= 15 is 0 Å². The highest BCUT2D eigenvalue weighted by molar-refractivity contribution is 5.85. The second kappa shape index (κ2) is 8.61. The average Bonchev–Trinajstić information content (AvgIpc) is 3.08. The number of carbonyl (C=O) groups excluding carboxylic acids is 1. The van der Waals surface area contributed by atoms with Crippen LogP contribution in [-0.4, -0.2) is 23.5 Å². The molecule has 1 amide bonds. The van der Waals surface area contributed by atoms with E-state index in [4.69, 9.17) is 4.74 Å². The molecule has 24 heavy (non-hydrogen) atoms. The van der Waals surface area contributed by atoms with Crippen LogP contribution >= 0.6 is 12.4 Å². The minimum absolute atomic E-state index is 0. The molecule has 0 spiro atoms. The zero-order valence-corrected chi connectivity index (χ0v) is 13.8. The minimum Gasteiger partial charge on any atom is -0.439 e. The number of hydrogen-bond donors (Lipinski definition) is 2. The Kier molecular flexibility index (Phi) is 6.52. The largest absolute Gasteiger partial charge is 0.439 e. The van der Waals surface area contributed by atoms with E-state index in [1.54, 1.807) is 24.4 Å². The first-order valence-electron chi connectivity index (χ1n) is 7.60. The summed E-state index contributed by atoms with van der Waals surface area (Å²) in [5.41, 5.74) is 0.878. The minimum atomic E-state index is -0.359. The zero-order valence-electron chi connectivity index (χ0n) is 13.0. The van der Waals surface area contributed by atoms with E-state index in [0.29, 0.717) is 18.2 Å². The molecule has 5 nitrogen and oxygen atoms in total. The Morgan fingerprint density at radius 2 is 2.25 bits per heavy atom. The van der Waals surface area contributed by atoms with Crippen molar-refractivity contribution in [1.82, 2.24) is 15.6 Å². The van der Waals surface area contributed by atoms with Crippen molar-refractivity contribution in [3.05, 3.63) is 54.0 Å². The van der Waals surface area contributed by atoms with Gasteiger partial charge in [-0.05, 0) is 37.1 Å². The standard InChI is InChI=1S/C17H18FN3O2.ClH/c18-13-3-1-4-14(9-13)23-16-7-6-12(10-20-16)11-21-17(22)15-5-2-8-19-15;/h1,3-4,6-7,9-10,15,19H,2,5,8,11H2,(H,21,22);1H. The van der Waals surface area contributed by atoms with E-state index in [2.05, 4.69) is 15.6 Å². The van der Waals surface area contributed by atoms with Gasteiger partial charge in [0.05, 0.1) is 6.04 Å². The summed E-state index contributed by atoms with van der Waals surface area (Å²) in [4.78, 5) is 16.1. The lowest BCUT2D eigenvalue weighted by atomic mass is 10.2. The Labute approximate surface area is 146 Å². The first-order valence-corrected chi connectivity index (χ1v) is 7.60. The Balaban J connectivity index is 0.00000208. The number of halogens is 2. The van der Waals surface area contributed by atoms with Crippen molar-refractivity contribution in [2.24, 2.45) is 0 Å².